The molecule has 3 rings (SSSR count). The predicted octanol–water partition coefficient (Wildman–Crippen LogP) is 2.71. The maximum Gasteiger partial charge on any atom is 0.223 e. The van der Waals surface area contributed by atoms with E-state index < -0.39 is 0 Å². The zero-order valence-electron chi connectivity index (χ0n) is 14.3. The van der Waals surface area contributed by atoms with E-state index in [-0.39, 0.29) is 11.4 Å². The molecule has 0 radical (unpaired) electrons. The Morgan fingerprint density at radius 2 is 1.96 bits per heavy atom. The Bertz CT molecular complexity index is 722. The van der Waals surface area contributed by atoms with Crippen molar-refractivity contribution in [2.24, 2.45) is 5.92 Å². The molecule has 0 N–H and O–H groups in total. The number of anilines is 1. The minimum Gasteiger partial charge on any atom is -0.358 e. The molecule has 0 bridgehead atoms. The van der Waals surface area contributed by atoms with Crippen LogP contribution in [0.3, 0.4) is 0 Å². The SMILES string of the molecule is CN(CC1CC(=O)N(C(C)(C)C)C1)c1cnc2ccccc2n1. The minimum absolute atomic E-state index is 0.104. The Hall–Kier alpha value is -2.17. The normalized spacial score (nSPS) is 18.7. The van der Waals surface area contributed by atoms with Crippen molar-refractivity contribution in [3.05, 3.63) is 30.5 Å². The summed E-state index contributed by atoms with van der Waals surface area (Å²) in [5.41, 5.74) is 1.70. The van der Waals surface area contributed by atoms with Gasteiger partial charge in [-0.2, -0.15) is 0 Å². The highest BCUT2D eigenvalue weighted by atomic mass is 16.2. The lowest BCUT2D eigenvalue weighted by molar-refractivity contribution is -0.131. The molecule has 0 saturated carbocycles. The first kappa shape index (κ1) is 15.7. The van der Waals surface area contributed by atoms with Crippen molar-refractivity contribution < 1.29 is 4.79 Å². The molecule has 1 aromatic carbocycles. The largest absolute Gasteiger partial charge is 0.358 e. The van der Waals surface area contributed by atoms with E-state index in [2.05, 4.69) is 35.6 Å². The molecule has 1 aliphatic heterocycles. The third-order valence-corrected chi connectivity index (χ3v) is 4.37. The van der Waals surface area contributed by atoms with Crippen molar-refractivity contribution >= 4 is 22.8 Å². The number of carbonyl (C=O) groups is 1. The second-order valence-corrected chi connectivity index (χ2v) is 7.34. The maximum absolute atomic E-state index is 12.2. The second kappa shape index (κ2) is 5.80. The fourth-order valence-electron chi connectivity index (χ4n) is 3.16. The van der Waals surface area contributed by atoms with Gasteiger partial charge in [-0.05, 0) is 32.9 Å². The molecule has 1 fully saturated rings. The number of amides is 1. The third-order valence-electron chi connectivity index (χ3n) is 4.37. The molecule has 23 heavy (non-hydrogen) atoms. The average molecular weight is 312 g/mol. The van der Waals surface area contributed by atoms with E-state index in [1.165, 1.54) is 0 Å². The zero-order valence-corrected chi connectivity index (χ0v) is 14.3. The highest BCUT2D eigenvalue weighted by molar-refractivity contribution is 5.79. The summed E-state index contributed by atoms with van der Waals surface area (Å²) in [6.07, 6.45) is 2.42. The fraction of sp³-hybridized carbons (Fsp3) is 0.500. The number of benzene rings is 1. The van der Waals surface area contributed by atoms with Crippen LogP contribution in [0.1, 0.15) is 27.2 Å². The number of rotatable bonds is 3. The van der Waals surface area contributed by atoms with Crippen molar-refractivity contribution in [1.29, 1.82) is 0 Å². The van der Waals surface area contributed by atoms with Crippen LogP contribution in [-0.4, -0.2) is 46.5 Å². The smallest absolute Gasteiger partial charge is 0.223 e. The summed E-state index contributed by atoms with van der Waals surface area (Å²) in [4.78, 5) is 25.4. The van der Waals surface area contributed by atoms with E-state index in [9.17, 15) is 4.79 Å². The van der Waals surface area contributed by atoms with Crippen LogP contribution in [0.25, 0.3) is 11.0 Å². The van der Waals surface area contributed by atoms with Crippen LogP contribution in [0.5, 0.6) is 0 Å². The minimum atomic E-state index is -0.104. The Morgan fingerprint density at radius 1 is 1.26 bits per heavy atom. The summed E-state index contributed by atoms with van der Waals surface area (Å²) < 4.78 is 0. The van der Waals surface area contributed by atoms with E-state index in [4.69, 9.17) is 0 Å². The number of fused-ring (bicyclic) bond motifs is 1. The van der Waals surface area contributed by atoms with Crippen LogP contribution >= 0.6 is 0 Å². The number of hydrogen-bond donors (Lipinski definition) is 0. The van der Waals surface area contributed by atoms with Gasteiger partial charge in [0.25, 0.3) is 0 Å². The molecular formula is C18H24N4O. The molecular weight excluding hydrogens is 288 g/mol. The molecule has 5 nitrogen and oxygen atoms in total. The predicted molar refractivity (Wildman–Crippen MR) is 92.4 cm³/mol. The van der Waals surface area contributed by atoms with Crippen molar-refractivity contribution in [2.75, 3.05) is 25.0 Å². The highest BCUT2D eigenvalue weighted by Gasteiger charge is 2.36. The van der Waals surface area contributed by atoms with Crippen molar-refractivity contribution in [3.8, 4) is 0 Å². The standard InChI is InChI=1S/C18H24N4O/c1-18(2,3)22-12-13(9-17(22)23)11-21(4)16-10-19-14-7-5-6-8-15(14)20-16/h5-8,10,13H,9,11-12H2,1-4H3. The lowest BCUT2D eigenvalue weighted by Crippen LogP contribution is -2.42. The van der Waals surface area contributed by atoms with Crippen LogP contribution in [0.4, 0.5) is 5.82 Å². The Labute approximate surface area is 137 Å². The van der Waals surface area contributed by atoms with Gasteiger partial charge in [0.15, 0.2) is 0 Å². The monoisotopic (exact) mass is 312 g/mol. The first-order valence-electron chi connectivity index (χ1n) is 8.08. The van der Waals surface area contributed by atoms with Gasteiger partial charge in [-0.1, -0.05) is 12.1 Å². The lowest BCUT2D eigenvalue weighted by atomic mass is 10.1. The summed E-state index contributed by atoms with van der Waals surface area (Å²) in [5.74, 6) is 1.44. The number of aromatic nitrogens is 2. The summed E-state index contributed by atoms with van der Waals surface area (Å²) >= 11 is 0. The molecule has 1 amide bonds. The molecule has 122 valence electrons. The number of carbonyl (C=O) groups excluding carboxylic acids is 1. The second-order valence-electron chi connectivity index (χ2n) is 7.34. The number of nitrogens with zero attached hydrogens (tertiary/aromatic N) is 4. The van der Waals surface area contributed by atoms with Crippen LogP contribution in [0, 0.1) is 5.92 Å². The number of para-hydroxylation sites is 2. The summed E-state index contributed by atoms with van der Waals surface area (Å²) in [6, 6.07) is 7.87. The Balaban J connectivity index is 1.71. The van der Waals surface area contributed by atoms with Gasteiger partial charge in [-0.15, -0.1) is 0 Å². The number of hydrogen-bond acceptors (Lipinski definition) is 4. The molecule has 1 aliphatic rings. The van der Waals surface area contributed by atoms with E-state index in [1.54, 1.807) is 6.20 Å². The molecule has 2 aromatic rings. The average Bonchev–Trinajstić information content (AvgIpc) is 2.87. The quantitative estimate of drug-likeness (QED) is 0.874. The molecule has 1 atom stereocenters. The van der Waals surface area contributed by atoms with Crippen molar-refractivity contribution in [1.82, 2.24) is 14.9 Å². The van der Waals surface area contributed by atoms with Gasteiger partial charge in [0.05, 0.1) is 17.2 Å². The topological polar surface area (TPSA) is 49.3 Å². The van der Waals surface area contributed by atoms with Gasteiger partial charge in [-0.25, -0.2) is 4.98 Å². The Morgan fingerprint density at radius 3 is 2.61 bits per heavy atom. The summed E-state index contributed by atoms with van der Waals surface area (Å²) in [7, 11) is 2.02. The first-order valence-corrected chi connectivity index (χ1v) is 8.08. The molecule has 0 spiro atoms. The van der Waals surface area contributed by atoms with Crippen LogP contribution in [0.15, 0.2) is 30.5 Å². The van der Waals surface area contributed by atoms with Crippen LogP contribution in [-0.2, 0) is 4.79 Å². The van der Waals surface area contributed by atoms with E-state index in [0.29, 0.717) is 12.3 Å². The van der Waals surface area contributed by atoms with Gasteiger partial charge in [-0.3, -0.25) is 9.78 Å². The molecule has 1 saturated heterocycles. The van der Waals surface area contributed by atoms with E-state index in [1.807, 2.05) is 36.2 Å². The van der Waals surface area contributed by atoms with Crippen LogP contribution < -0.4 is 4.90 Å². The van der Waals surface area contributed by atoms with Crippen molar-refractivity contribution in [3.63, 3.8) is 0 Å². The molecule has 2 heterocycles. The van der Waals surface area contributed by atoms with E-state index >= 15 is 0 Å². The zero-order chi connectivity index (χ0) is 16.6. The van der Waals surface area contributed by atoms with Gasteiger partial charge in [0.2, 0.25) is 5.91 Å². The summed E-state index contributed by atoms with van der Waals surface area (Å²) in [6.45, 7) is 7.89. The van der Waals surface area contributed by atoms with Gasteiger partial charge in [0.1, 0.15) is 5.82 Å². The van der Waals surface area contributed by atoms with Gasteiger partial charge >= 0.3 is 0 Å². The fourth-order valence-corrected chi connectivity index (χ4v) is 3.16. The highest BCUT2D eigenvalue weighted by Crippen LogP contribution is 2.27. The molecule has 0 aliphatic carbocycles. The molecule has 1 aromatic heterocycles. The number of likely N-dealkylation sites (tertiary alicyclic amines) is 1. The van der Waals surface area contributed by atoms with Crippen LogP contribution in [0.2, 0.25) is 0 Å². The first-order chi connectivity index (χ1) is 10.8. The molecule has 1 unspecified atom stereocenters. The lowest BCUT2D eigenvalue weighted by Gasteiger charge is -2.32. The molecule has 5 heteroatoms. The van der Waals surface area contributed by atoms with Crippen molar-refractivity contribution in [2.45, 2.75) is 32.7 Å². The van der Waals surface area contributed by atoms with Gasteiger partial charge in [0, 0.05) is 38.0 Å². The maximum atomic E-state index is 12.2. The van der Waals surface area contributed by atoms with E-state index in [0.717, 1.165) is 29.9 Å². The van der Waals surface area contributed by atoms with Gasteiger partial charge < -0.3 is 9.80 Å². The third kappa shape index (κ3) is 3.28. The Kier molecular flexibility index (Phi) is 3.96. The summed E-state index contributed by atoms with van der Waals surface area (Å²) in [5, 5.41) is 0.